The molecule has 0 atom stereocenters. The highest BCUT2D eigenvalue weighted by Crippen LogP contribution is 2.32. The molecule has 0 spiro atoms. The van der Waals surface area contributed by atoms with Crippen molar-refractivity contribution in [2.45, 2.75) is 0 Å². The minimum Gasteiger partial charge on any atom is -0.455 e. The van der Waals surface area contributed by atoms with Crippen LogP contribution in [0.15, 0.2) is 40.9 Å². The first-order valence-corrected chi connectivity index (χ1v) is 5.82. The number of anilines is 1. The Bertz CT molecular complexity index is 637. The SMILES string of the molecule is N#Cc1cccc(Oc2cc(Br)c(F)cc2N)c1. The zero-order chi connectivity index (χ0) is 13.1. The number of nitrogen functional groups attached to an aromatic ring is 1. The van der Waals surface area contributed by atoms with Crippen molar-refractivity contribution in [2.24, 2.45) is 0 Å². The largest absolute Gasteiger partial charge is 0.455 e. The average Bonchev–Trinajstić information content (AvgIpc) is 2.36. The molecule has 0 saturated carbocycles. The first-order valence-electron chi connectivity index (χ1n) is 5.02. The second kappa shape index (κ2) is 5.07. The molecule has 0 amide bonds. The molecule has 0 fully saturated rings. The number of rotatable bonds is 2. The number of benzene rings is 2. The Balaban J connectivity index is 2.34. The topological polar surface area (TPSA) is 59.0 Å². The van der Waals surface area contributed by atoms with Gasteiger partial charge in [-0.05, 0) is 34.1 Å². The van der Waals surface area contributed by atoms with Gasteiger partial charge in [0, 0.05) is 12.1 Å². The number of hydrogen-bond donors (Lipinski definition) is 1. The van der Waals surface area contributed by atoms with E-state index < -0.39 is 5.82 Å². The fraction of sp³-hybridized carbons (Fsp3) is 0. The molecule has 0 aliphatic rings. The number of ether oxygens (including phenoxy) is 1. The summed E-state index contributed by atoms with van der Waals surface area (Å²) in [5.41, 5.74) is 6.33. The van der Waals surface area contributed by atoms with Gasteiger partial charge in [-0.3, -0.25) is 0 Å². The van der Waals surface area contributed by atoms with Crippen molar-refractivity contribution >= 4 is 21.6 Å². The number of nitrogens with zero attached hydrogens (tertiary/aromatic N) is 1. The second-order valence-corrected chi connectivity index (χ2v) is 4.40. The summed E-state index contributed by atoms with van der Waals surface area (Å²) >= 11 is 3.06. The highest BCUT2D eigenvalue weighted by Gasteiger charge is 2.08. The van der Waals surface area contributed by atoms with E-state index in [0.717, 1.165) is 0 Å². The van der Waals surface area contributed by atoms with Crippen LogP contribution in [0.1, 0.15) is 5.56 Å². The lowest BCUT2D eigenvalue weighted by molar-refractivity contribution is 0.482. The summed E-state index contributed by atoms with van der Waals surface area (Å²) in [6.45, 7) is 0. The Labute approximate surface area is 112 Å². The predicted molar refractivity (Wildman–Crippen MR) is 69.7 cm³/mol. The highest BCUT2D eigenvalue weighted by atomic mass is 79.9. The van der Waals surface area contributed by atoms with Crippen LogP contribution >= 0.6 is 15.9 Å². The average molecular weight is 307 g/mol. The van der Waals surface area contributed by atoms with Crippen LogP contribution in [0.4, 0.5) is 10.1 Å². The Hall–Kier alpha value is -2.06. The molecule has 0 aliphatic heterocycles. The quantitative estimate of drug-likeness (QED) is 0.858. The van der Waals surface area contributed by atoms with E-state index in [1.807, 2.05) is 6.07 Å². The van der Waals surface area contributed by atoms with Crippen molar-refractivity contribution in [2.75, 3.05) is 5.73 Å². The molecule has 18 heavy (non-hydrogen) atoms. The summed E-state index contributed by atoms with van der Waals surface area (Å²) in [7, 11) is 0. The van der Waals surface area contributed by atoms with Crippen LogP contribution in [0.5, 0.6) is 11.5 Å². The fourth-order valence-electron chi connectivity index (χ4n) is 1.39. The first kappa shape index (κ1) is 12.4. The number of hydrogen-bond acceptors (Lipinski definition) is 3. The first-order chi connectivity index (χ1) is 8.60. The van der Waals surface area contributed by atoms with E-state index in [2.05, 4.69) is 15.9 Å². The molecule has 5 heteroatoms. The van der Waals surface area contributed by atoms with Crippen molar-refractivity contribution in [3.8, 4) is 17.6 Å². The summed E-state index contributed by atoms with van der Waals surface area (Å²) in [5, 5.41) is 8.78. The summed E-state index contributed by atoms with van der Waals surface area (Å²) in [4.78, 5) is 0. The molecule has 0 aromatic heterocycles. The van der Waals surface area contributed by atoms with E-state index in [0.29, 0.717) is 17.1 Å². The summed E-state index contributed by atoms with van der Waals surface area (Å²) in [6.07, 6.45) is 0. The lowest BCUT2D eigenvalue weighted by atomic mass is 10.2. The van der Waals surface area contributed by atoms with Gasteiger partial charge in [0.15, 0.2) is 5.75 Å². The molecule has 90 valence electrons. The Morgan fingerprint density at radius 3 is 2.78 bits per heavy atom. The lowest BCUT2D eigenvalue weighted by Gasteiger charge is -2.09. The minimum absolute atomic E-state index is 0.193. The maximum atomic E-state index is 13.2. The zero-order valence-corrected chi connectivity index (χ0v) is 10.7. The van der Waals surface area contributed by atoms with Gasteiger partial charge in [-0.15, -0.1) is 0 Å². The van der Waals surface area contributed by atoms with E-state index in [4.69, 9.17) is 15.7 Å². The van der Waals surface area contributed by atoms with Gasteiger partial charge >= 0.3 is 0 Å². The van der Waals surface area contributed by atoms with Crippen LogP contribution < -0.4 is 10.5 Å². The fourth-order valence-corrected chi connectivity index (χ4v) is 1.71. The third kappa shape index (κ3) is 2.60. The van der Waals surface area contributed by atoms with Gasteiger partial charge in [0.2, 0.25) is 0 Å². The van der Waals surface area contributed by atoms with Gasteiger partial charge in [0.1, 0.15) is 11.6 Å². The van der Waals surface area contributed by atoms with Crippen molar-refractivity contribution in [3.63, 3.8) is 0 Å². The number of nitrogens with two attached hydrogens (primary N) is 1. The third-order valence-electron chi connectivity index (χ3n) is 2.24. The maximum absolute atomic E-state index is 13.2. The highest BCUT2D eigenvalue weighted by molar-refractivity contribution is 9.10. The summed E-state index contributed by atoms with van der Waals surface area (Å²) in [6, 6.07) is 11.3. The molecule has 0 heterocycles. The number of nitriles is 1. The Morgan fingerprint density at radius 1 is 1.28 bits per heavy atom. The van der Waals surface area contributed by atoms with Crippen LogP contribution in [-0.2, 0) is 0 Å². The minimum atomic E-state index is -0.453. The third-order valence-corrected chi connectivity index (χ3v) is 2.85. The van der Waals surface area contributed by atoms with Crippen molar-refractivity contribution in [1.29, 1.82) is 5.26 Å². The van der Waals surface area contributed by atoms with E-state index >= 15 is 0 Å². The molecule has 3 nitrogen and oxygen atoms in total. The molecular formula is C13H8BrFN2O. The normalized spacial score (nSPS) is 9.83. The standard InChI is InChI=1S/C13H8BrFN2O/c14-10-5-13(12(17)6-11(10)15)18-9-3-1-2-8(4-9)7-16/h1-6H,17H2. The van der Waals surface area contributed by atoms with Gasteiger partial charge in [-0.25, -0.2) is 4.39 Å². The molecule has 2 rings (SSSR count). The van der Waals surface area contributed by atoms with Crippen molar-refractivity contribution in [1.82, 2.24) is 0 Å². The van der Waals surface area contributed by atoms with Crippen LogP contribution in [0.25, 0.3) is 0 Å². The van der Waals surface area contributed by atoms with Gasteiger partial charge < -0.3 is 10.5 Å². The molecule has 0 radical (unpaired) electrons. The molecule has 0 saturated heterocycles. The van der Waals surface area contributed by atoms with Crippen molar-refractivity contribution < 1.29 is 9.13 Å². The van der Waals surface area contributed by atoms with Gasteiger partial charge in [-0.1, -0.05) is 6.07 Å². The molecule has 0 bridgehead atoms. The zero-order valence-electron chi connectivity index (χ0n) is 9.15. The molecule has 0 unspecified atom stereocenters. The van der Waals surface area contributed by atoms with E-state index in [1.54, 1.807) is 24.3 Å². The molecule has 2 aromatic rings. The molecule has 2 aromatic carbocycles. The van der Waals surface area contributed by atoms with Gasteiger partial charge in [0.05, 0.1) is 21.8 Å². The second-order valence-electron chi connectivity index (χ2n) is 3.55. The lowest BCUT2D eigenvalue weighted by Crippen LogP contribution is -1.94. The van der Waals surface area contributed by atoms with Gasteiger partial charge in [-0.2, -0.15) is 5.26 Å². The van der Waals surface area contributed by atoms with E-state index in [1.165, 1.54) is 12.1 Å². The van der Waals surface area contributed by atoms with Crippen molar-refractivity contribution in [3.05, 3.63) is 52.3 Å². The van der Waals surface area contributed by atoms with E-state index in [-0.39, 0.29) is 10.2 Å². The van der Waals surface area contributed by atoms with E-state index in [9.17, 15) is 4.39 Å². The van der Waals surface area contributed by atoms with Crippen LogP contribution in [0.3, 0.4) is 0 Å². The van der Waals surface area contributed by atoms with Crippen LogP contribution in [0.2, 0.25) is 0 Å². The Morgan fingerprint density at radius 2 is 2.06 bits per heavy atom. The van der Waals surface area contributed by atoms with Crippen LogP contribution in [0, 0.1) is 17.1 Å². The van der Waals surface area contributed by atoms with Crippen LogP contribution in [-0.4, -0.2) is 0 Å². The smallest absolute Gasteiger partial charge is 0.151 e. The molecular weight excluding hydrogens is 299 g/mol. The number of halogens is 2. The molecule has 2 N–H and O–H groups in total. The predicted octanol–water partition coefficient (Wildman–Crippen LogP) is 3.83. The molecule has 0 aliphatic carbocycles. The summed E-state index contributed by atoms with van der Waals surface area (Å²) < 4.78 is 19.0. The monoisotopic (exact) mass is 306 g/mol. The van der Waals surface area contributed by atoms with Gasteiger partial charge in [0.25, 0.3) is 0 Å². The maximum Gasteiger partial charge on any atom is 0.151 e. The Kier molecular flexibility index (Phi) is 3.49. The summed E-state index contributed by atoms with van der Waals surface area (Å²) in [5.74, 6) is 0.350.